The number of thiazole rings is 1. The number of imide groups is 2. The first-order chi connectivity index (χ1) is 27.5. The molecule has 0 atom stereocenters. The van der Waals surface area contributed by atoms with Crippen LogP contribution in [0, 0.1) is 20.2 Å². The van der Waals surface area contributed by atoms with Gasteiger partial charge in [0.25, 0.3) is 35.0 Å². The van der Waals surface area contributed by atoms with Crippen LogP contribution in [0.1, 0.15) is 41.4 Å². The summed E-state index contributed by atoms with van der Waals surface area (Å²) in [6.45, 7) is 0.0287. The fourth-order valence-corrected chi connectivity index (χ4v) is 7.92. The van der Waals surface area contributed by atoms with Crippen molar-refractivity contribution in [2.24, 2.45) is 0 Å². The summed E-state index contributed by atoms with van der Waals surface area (Å²) in [6, 6.07) is 26.9. The van der Waals surface area contributed by atoms with E-state index in [4.69, 9.17) is 9.84 Å². The summed E-state index contributed by atoms with van der Waals surface area (Å²) < 4.78 is 6.07. The van der Waals surface area contributed by atoms with E-state index in [2.05, 4.69) is 10.3 Å². The molecule has 57 heavy (non-hydrogen) atoms. The lowest BCUT2D eigenvalue weighted by Crippen LogP contribution is -2.41. The molecule has 0 bridgehead atoms. The minimum atomic E-state index is -0.662. The summed E-state index contributed by atoms with van der Waals surface area (Å²) >= 11 is 1.25. The number of nitrogens with zero attached hydrogens (tertiary/aromatic N) is 5. The number of para-hydroxylation sites is 1. The van der Waals surface area contributed by atoms with Gasteiger partial charge in [0.15, 0.2) is 0 Å². The van der Waals surface area contributed by atoms with Crippen molar-refractivity contribution in [3.05, 3.63) is 146 Å². The number of hydrogen-bond acceptors (Lipinski definition) is 13. The first-order valence-corrected chi connectivity index (χ1v) is 17.9. The second-order valence-corrected chi connectivity index (χ2v) is 13.7. The van der Waals surface area contributed by atoms with Gasteiger partial charge in [0.2, 0.25) is 5.13 Å². The van der Waals surface area contributed by atoms with Crippen LogP contribution in [0.5, 0.6) is 5.75 Å². The van der Waals surface area contributed by atoms with Gasteiger partial charge in [-0.2, -0.15) is 0 Å². The number of nitro groups is 2. The molecule has 0 fully saturated rings. The Morgan fingerprint density at radius 1 is 0.737 bits per heavy atom. The SMILES string of the molecule is COc1ccc(N2C(=O)c3cccc4cc([N+](=O)[O-])cc(c34)C2=O)c(NCCO)c1.O=C1c2cccc3c([N+](=O)[O-])ccc(c23)C(=O)N1c1nc2ccccc2s1. The zero-order chi connectivity index (χ0) is 40.1. The number of nitro benzene ring substituents is 2. The van der Waals surface area contributed by atoms with Crippen LogP contribution in [0.3, 0.4) is 0 Å². The second kappa shape index (κ2) is 14.2. The standard InChI is InChI=1S/C21H17N3O6.C19H9N3O4S/c1-30-14-5-6-18(17(11-14)22-7-8-25)23-20(26)15-4-2-3-12-9-13(24(28)29)10-16(19(12)15)21(23)27;23-17-11-5-3-4-10-14(22(25)26)9-8-12(16(10)11)18(24)21(17)19-20-13-6-1-2-7-15(13)27-19/h2-6,9-11,22,25H,7-8H2,1H3;1-9H. The van der Waals surface area contributed by atoms with Gasteiger partial charge in [-0.05, 0) is 53.9 Å². The molecule has 0 unspecified atom stereocenters. The van der Waals surface area contributed by atoms with Crippen molar-refractivity contribution >= 4 is 94.6 Å². The van der Waals surface area contributed by atoms with Gasteiger partial charge in [-0.25, -0.2) is 14.8 Å². The summed E-state index contributed by atoms with van der Waals surface area (Å²) in [6.07, 6.45) is 0. The Labute approximate surface area is 324 Å². The predicted molar refractivity (Wildman–Crippen MR) is 212 cm³/mol. The third kappa shape index (κ3) is 6.03. The molecule has 2 N–H and O–H groups in total. The van der Waals surface area contributed by atoms with Crippen LogP contribution in [-0.2, 0) is 0 Å². The smallest absolute Gasteiger partial charge is 0.277 e. The van der Waals surface area contributed by atoms with Crippen molar-refractivity contribution in [3.8, 4) is 5.75 Å². The lowest BCUT2D eigenvalue weighted by Gasteiger charge is -2.29. The largest absolute Gasteiger partial charge is 0.497 e. The highest BCUT2D eigenvalue weighted by molar-refractivity contribution is 7.22. The van der Waals surface area contributed by atoms with Crippen molar-refractivity contribution in [3.63, 3.8) is 0 Å². The molecule has 1 aromatic heterocycles. The van der Waals surface area contributed by atoms with Crippen LogP contribution in [0.2, 0.25) is 0 Å². The zero-order valence-electron chi connectivity index (χ0n) is 29.5. The van der Waals surface area contributed by atoms with E-state index < -0.39 is 33.5 Å². The van der Waals surface area contributed by atoms with E-state index in [-0.39, 0.29) is 63.0 Å². The number of methoxy groups -OCH3 is 1. The normalized spacial score (nSPS) is 13.2. The van der Waals surface area contributed by atoms with Gasteiger partial charge in [0, 0.05) is 58.3 Å². The van der Waals surface area contributed by atoms with Gasteiger partial charge >= 0.3 is 0 Å². The van der Waals surface area contributed by atoms with Gasteiger partial charge in [-0.1, -0.05) is 41.7 Å². The molecule has 7 aromatic rings. The first kappa shape index (κ1) is 36.4. The molecule has 0 spiro atoms. The Morgan fingerprint density at radius 2 is 1.42 bits per heavy atom. The molecule has 0 aliphatic carbocycles. The van der Waals surface area contributed by atoms with E-state index in [1.807, 2.05) is 24.3 Å². The Balaban J connectivity index is 0.000000160. The minimum Gasteiger partial charge on any atom is -0.497 e. The fraction of sp³-hybridized carbons (Fsp3) is 0.0750. The number of rotatable bonds is 8. The number of non-ortho nitro benzene ring substituents is 2. The maximum absolute atomic E-state index is 13.3. The number of ether oxygens (including phenoxy) is 1. The lowest BCUT2D eigenvalue weighted by molar-refractivity contribution is -0.384. The Bertz CT molecular complexity index is 2860. The number of carbonyl (C=O) groups excluding carboxylic acids is 4. The number of aromatic nitrogens is 1. The third-order valence-electron chi connectivity index (χ3n) is 9.47. The number of carbonyl (C=O) groups is 4. The maximum Gasteiger partial charge on any atom is 0.277 e. The van der Waals surface area contributed by atoms with Crippen molar-refractivity contribution in [1.29, 1.82) is 0 Å². The average molecular weight is 783 g/mol. The molecule has 2 aliphatic rings. The Kier molecular flexibility index (Phi) is 9.07. The Morgan fingerprint density at radius 3 is 2.12 bits per heavy atom. The van der Waals surface area contributed by atoms with Gasteiger partial charge < -0.3 is 15.2 Å². The van der Waals surface area contributed by atoms with Gasteiger partial charge in [0.1, 0.15) is 5.75 Å². The summed E-state index contributed by atoms with van der Waals surface area (Å²) in [4.78, 5) is 80.8. The average Bonchev–Trinajstić information content (AvgIpc) is 3.65. The molecule has 0 saturated heterocycles. The fourth-order valence-electron chi connectivity index (χ4n) is 6.96. The molecular formula is C40H26N6O10S. The highest BCUT2D eigenvalue weighted by Crippen LogP contribution is 2.40. The number of hydrogen-bond donors (Lipinski definition) is 2. The topological polar surface area (TPSA) is 215 Å². The third-order valence-corrected chi connectivity index (χ3v) is 10.5. The monoisotopic (exact) mass is 782 g/mol. The van der Waals surface area contributed by atoms with Gasteiger partial charge in [-0.15, -0.1) is 0 Å². The quantitative estimate of drug-likeness (QED) is 0.0895. The molecule has 282 valence electrons. The highest BCUT2D eigenvalue weighted by Gasteiger charge is 2.38. The van der Waals surface area contributed by atoms with Crippen molar-refractivity contribution in [1.82, 2.24) is 4.98 Å². The van der Waals surface area contributed by atoms with Crippen LogP contribution in [-0.4, -0.2) is 63.8 Å². The van der Waals surface area contributed by atoms with E-state index in [9.17, 15) is 39.4 Å². The van der Waals surface area contributed by atoms with E-state index in [0.29, 0.717) is 33.1 Å². The molecule has 3 heterocycles. The molecule has 0 radical (unpaired) electrons. The predicted octanol–water partition coefficient (Wildman–Crippen LogP) is 7.12. The van der Waals surface area contributed by atoms with Crippen LogP contribution in [0.15, 0.2) is 103 Å². The van der Waals surface area contributed by atoms with Gasteiger partial charge in [0.05, 0.1) is 56.1 Å². The maximum atomic E-state index is 13.3. The summed E-state index contributed by atoms with van der Waals surface area (Å²) in [7, 11) is 1.48. The molecular weight excluding hydrogens is 757 g/mol. The molecule has 6 aromatic carbocycles. The molecule has 4 amide bonds. The van der Waals surface area contributed by atoms with E-state index >= 15 is 0 Å². The molecule has 9 rings (SSSR count). The minimum absolute atomic E-state index is 0.0818. The highest BCUT2D eigenvalue weighted by atomic mass is 32.1. The number of benzene rings is 6. The van der Waals surface area contributed by atoms with Crippen molar-refractivity contribution in [2.45, 2.75) is 0 Å². The van der Waals surface area contributed by atoms with E-state index in [1.165, 1.54) is 42.7 Å². The number of anilines is 3. The van der Waals surface area contributed by atoms with Crippen LogP contribution in [0.4, 0.5) is 27.9 Å². The van der Waals surface area contributed by atoms with Crippen LogP contribution >= 0.6 is 11.3 Å². The second-order valence-electron chi connectivity index (χ2n) is 12.7. The lowest BCUT2D eigenvalue weighted by atomic mass is 9.93. The molecule has 2 aliphatic heterocycles. The number of aliphatic hydroxyl groups is 1. The number of fused-ring (bicyclic) bond motifs is 1. The Hall–Kier alpha value is -7.63. The van der Waals surface area contributed by atoms with E-state index in [0.717, 1.165) is 14.5 Å². The van der Waals surface area contributed by atoms with Gasteiger partial charge in [-0.3, -0.25) is 39.4 Å². The molecule has 0 saturated carbocycles. The molecule has 17 heteroatoms. The van der Waals surface area contributed by atoms with Crippen LogP contribution in [0.25, 0.3) is 31.8 Å². The summed E-state index contributed by atoms with van der Waals surface area (Å²) in [5.41, 5.74) is 1.87. The van der Waals surface area contributed by atoms with Crippen molar-refractivity contribution < 1.29 is 38.9 Å². The van der Waals surface area contributed by atoms with Crippen LogP contribution < -0.4 is 19.9 Å². The molecule has 16 nitrogen and oxygen atoms in total. The number of nitrogens with one attached hydrogen (secondary N) is 1. The first-order valence-electron chi connectivity index (χ1n) is 17.1. The summed E-state index contributed by atoms with van der Waals surface area (Å²) in [5, 5.41) is 36.5. The zero-order valence-corrected chi connectivity index (χ0v) is 30.3. The number of amides is 4. The van der Waals surface area contributed by atoms with E-state index in [1.54, 1.807) is 54.6 Å². The number of aliphatic hydroxyl groups excluding tert-OH is 1. The summed E-state index contributed by atoms with van der Waals surface area (Å²) in [5.74, 6) is -1.77. The van der Waals surface area contributed by atoms with Crippen molar-refractivity contribution in [2.75, 3.05) is 35.4 Å².